The average molecular weight is 379 g/mol. The van der Waals surface area contributed by atoms with E-state index >= 15 is 0 Å². The molecule has 3 N–H and O–H groups in total. The van der Waals surface area contributed by atoms with Crippen molar-refractivity contribution in [2.75, 3.05) is 11.9 Å². The maximum atomic E-state index is 12.1. The third kappa shape index (κ3) is 5.48. The number of nitrogens with zero attached hydrogens (tertiary/aromatic N) is 1. The molecule has 3 rings (SSSR count). The lowest BCUT2D eigenvalue weighted by molar-refractivity contribution is 0.0281. The number of benzene rings is 2. The third-order valence-electron chi connectivity index (χ3n) is 4.96. The van der Waals surface area contributed by atoms with Gasteiger partial charge in [0.1, 0.15) is 17.6 Å². The van der Waals surface area contributed by atoms with E-state index < -0.39 is 5.60 Å². The Kier molecular flexibility index (Phi) is 6.51. The van der Waals surface area contributed by atoms with E-state index in [0.717, 1.165) is 38.5 Å². The van der Waals surface area contributed by atoms with Crippen LogP contribution in [-0.4, -0.2) is 23.3 Å². The molecule has 1 saturated carbocycles. The second-order valence-electron chi connectivity index (χ2n) is 7.18. The summed E-state index contributed by atoms with van der Waals surface area (Å²) in [6.45, 7) is 0.255. The van der Waals surface area contributed by atoms with Crippen molar-refractivity contribution < 1.29 is 14.6 Å². The molecule has 0 aromatic heterocycles. The number of hydrogen-bond donors (Lipinski definition) is 3. The molecule has 28 heavy (non-hydrogen) atoms. The number of aliphatic hydroxyl groups is 1. The van der Waals surface area contributed by atoms with Gasteiger partial charge in [0, 0.05) is 12.2 Å². The highest BCUT2D eigenvalue weighted by Gasteiger charge is 2.28. The minimum atomic E-state index is -0.806. The van der Waals surface area contributed by atoms with Crippen molar-refractivity contribution in [3.63, 3.8) is 0 Å². The Morgan fingerprint density at radius 1 is 1.07 bits per heavy atom. The van der Waals surface area contributed by atoms with Crippen LogP contribution in [0.2, 0.25) is 0 Å². The van der Waals surface area contributed by atoms with Crippen molar-refractivity contribution in [1.29, 1.82) is 5.26 Å². The molecule has 1 fully saturated rings. The smallest absolute Gasteiger partial charge is 0.319 e. The quantitative estimate of drug-likeness (QED) is 0.664. The number of para-hydroxylation sites is 1. The molecule has 0 spiro atoms. The van der Waals surface area contributed by atoms with Crippen molar-refractivity contribution in [1.82, 2.24) is 5.32 Å². The summed E-state index contributed by atoms with van der Waals surface area (Å²) in [7, 11) is 0. The SMILES string of the molecule is N#Cc1ccccc1Oc1ccc(NC(=O)NCC2(O)CCCCCC2)cc1. The molecule has 2 amide bonds. The Bertz CT molecular complexity index is 835. The van der Waals surface area contributed by atoms with E-state index in [1.54, 1.807) is 48.5 Å². The number of nitriles is 1. The lowest BCUT2D eigenvalue weighted by atomic mass is 9.95. The molecule has 0 radical (unpaired) electrons. The number of rotatable bonds is 5. The van der Waals surface area contributed by atoms with Crippen molar-refractivity contribution in [2.24, 2.45) is 0 Å². The van der Waals surface area contributed by atoms with Gasteiger partial charge in [-0.15, -0.1) is 0 Å². The lowest BCUT2D eigenvalue weighted by Crippen LogP contribution is -2.44. The molecule has 6 heteroatoms. The maximum absolute atomic E-state index is 12.1. The molecular weight excluding hydrogens is 354 g/mol. The van der Waals surface area contributed by atoms with Crippen LogP contribution in [0.25, 0.3) is 0 Å². The second kappa shape index (κ2) is 9.25. The van der Waals surface area contributed by atoms with Crippen LogP contribution in [0.3, 0.4) is 0 Å². The summed E-state index contributed by atoms with van der Waals surface area (Å²) >= 11 is 0. The van der Waals surface area contributed by atoms with Crippen LogP contribution in [0.5, 0.6) is 11.5 Å². The molecule has 146 valence electrons. The first-order valence-corrected chi connectivity index (χ1v) is 9.62. The number of carbonyl (C=O) groups is 1. The number of nitrogens with one attached hydrogen (secondary N) is 2. The molecule has 0 bridgehead atoms. The van der Waals surface area contributed by atoms with Crippen LogP contribution in [0.15, 0.2) is 48.5 Å². The van der Waals surface area contributed by atoms with Crippen molar-refractivity contribution in [2.45, 2.75) is 44.1 Å². The van der Waals surface area contributed by atoms with E-state index in [9.17, 15) is 9.90 Å². The van der Waals surface area contributed by atoms with E-state index in [1.807, 2.05) is 0 Å². The normalized spacial score (nSPS) is 15.7. The van der Waals surface area contributed by atoms with Crippen molar-refractivity contribution in [3.05, 3.63) is 54.1 Å². The van der Waals surface area contributed by atoms with Gasteiger partial charge in [0.25, 0.3) is 0 Å². The molecule has 0 atom stereocenters. The second-order valence-corrected chi connectivity index (χ2v) is 7.18. The average Bonchev–Trinajstić information content (AvgIpc) is 2.93. The number of urea groups is 1. The van der Waals surface area contributed by atoms with Gasteiger partial charge >= 0.3 is 6.03 Å². The first-order chi connectivity index (χ1) is 13.6. The molecular formula is C22H25N3O3. The summed E-state index contributed by atoms with van der Waals surface area (Å²) in [5.74, 6) is 1.06. The molecule has 1 aliphatic carbocycles. The van der Waals surface area contributed by atoms with Crippen molar-refractivity contribution in [3.8, 4) is 17.6 Å². The largest absolute Gasteiger partial charge is 0.456 e. The van der Waals surface area contributed by atoms with Crippen LogP contribution in [0.4, 0.5) is 10.5 Å². The summed E-state index contributed by atoms with van der Waals surface area (Å²) in [5.41, 5.74) is 0.270. The Hall–Kier alpha value is -3.04. The molecule has 6 nitrogen and oxygen atoms in total. The molecule has 2 aromatic carbocycles. The van der Waals surface area contributed by atoms with Gasteiger partial charge in [-0.25, -0.2) is 4.79 Å². The number of hydrogen-bond acceptors (Lipinski definition) is 4. The highest BCUT2D eigenvalue weighted by atomic mass is 16.5. The van der Waals surface area contributed by atoms with Gasteiger partial charge in [-0.05, 0) is 49.2 Å². The maximum Gasteiger partial charge on any atom is 0.319 e. The summed E-state index contributed by atoms with van der Waals surface area (Å²) in [5, 5.41) is 25.2. The fourth-order valence-electron chi connectivity index (χ4n) is 3.36. The minimum Gasteiger partial charge on any atom is -0.456 e. The first kappa shape index (κ1) is 19.7. The van der Waals surface area contributed by atoms with E-state index in [2.05, 4.69) is 16.7 Å². The molecule has 1 aliphatic rings. The van der Waals surface area contributed by atoms with Gasteiger partial charge < -0.3 is 20.5 Å². The molecule has 0 saturated heterocycles. The van der Waals surface area contributed by atoms with E-state index in [0.29, 0.717) is 22.7 Å². The number of anilines is 1. The Labute approximate surface area is 165 Å². The highest BCUT2D eigenvalue weighted by Crippen LogP contribution is 2.27. The summed E-state index contributed by atoms with van der Waals surface area (Å²) in [4.78, 5) is 12.1. The predicted molar refractivity (Wildman–Crippen MR) is 107 cm³/mol. The zero-order chi connectivity index (χ0) is 19.8. The van der Waals surface area contributed by atoms with Gasteiger partial charge in [0.2, 0.25) is 0 Å². The summed E-state index contributed by atoms with van der Waals surface area (Å²) in [6.07, 6.45) is 5.73. The fraction of sp³-hybridized carbons (Fsp3) is 0.364. The van der Waals surface area contributed by atoms with E-state index in [4.69, 9.17) is 10.00 Å². The molecule has 0 aliphatic heterocycles. The van der Waals surface area contributed by atoms with E-state index in [1.165, 1.54) is 0 Å². The molecule has 0 heterocycles. The number of amides is 2. The standard InChI is InChI=1S/C22H25N3O3/c23-15-17-7-3-4-8-20(17)28-19-11-9-18(10-12-19)25-21(26)24-16-22(27)13-5-1-2-6-14-22/h3-4,7-12,27H,1-2,5-6,13-14,16H2,(H2,24,25,26). The van der Waals surface area contributed by atoms with Crippen LogP contribution < -0.4 is 15.4 Å². The van der Waals surface area contributed by atoms with Crippen LogP contribution in [-0.2, 0) is 0 Å². The van der Waals surface area contributed by atoms with E-state index in [-0.39, 0.29) is 12.6 Å². The Balaban J connectivity index is 1.52. The van der Waals surface area contributed by atoms with Crippen LogP contribution in [0, 0.1) is 11.3 Å². The predicted octanol–water partition coefficient (Wildman–Crippen LogP) is 4.56. The van der Waals surface area contributed by atoms with Crippen molar-refractivity contribution >= 4 is 11.7 Å². The molecule has 2 aromatic rings. The number of ether oxygens (including phenoxy) is 1. The van der Waals surface area contributed by atoms with Gasteiger partial charge in [-0.3, -0.25) is 0 Å². The van der Waals surface area contributed by atoms with Gasteiger partial charge in [0.05, 0.1) is 11.2 Å². The zero-order valence-electron chi connectivity index (χ0n) is 15.8. The zero-order valence-corrected chi connectivity index (χ0v) is 15.8. The lowest BCUT2D eigenvalue weighted by Gasteiger charge is -2.26. The summed E-state index contributed by atoms with van der Waals surface area (Å²) < 4.78 is 5.73. The first-order valence-electron chi connectivity index (χ1n) is 9.62. The third-order valence-corrected chi connectivity index (χ3v) is 4.96. The highest BCUT2D eigenvalue weighted by molar-refractivity contribution is 5.89. The van der Waals surface area contributed by atoms with Crippen LogP contribution >= 0.6 is 0 Å². The summed E-state index contributed by atoms with van der Waals surface area (Å²) in [6, 6.07) is 15.7. The molecule has 0 unspecified atom stereocenters. The van der Waals surface area contributed by atoms with Gasteiger partial charge in [-0.1, -0.05) is 37.8 Å². The Morgan fingerprint density at radius 2 is 1.75 bits per heavy atom. The topological polar surface area (TPSA) is 94.4 Å². The monoisotopic (exact) mass is 379 g/mol. The number of carbonyl (C=O) groups excluding carboxylic acids is 1. The van der Waals surface area contributed by atoms with Crippen LogP contribution in [0.1, 0.15) is 44.1 Å². The minimum absolute atomic E-state index is 0.255. The van der Waals surface area contributed by atoms with Gasteiger partial charge in [0.15, 0.2) is 0 Å². The Morgan fingerprint density at radius 3 is 2.43 bits per heavy atom. The van der Waals surface area contributed by atoms with Gasteiger partial charge in [-0.2, -0.15) is 5.26 Å². The fourth-order valence-corrected chi connectivity index (χ4v) is 3.36.